The normalized spacial score (nSPS) is 24.2. The number of halogens is 2. The second-order valence-corrected chi connectivity index (χ2v) is 5.85. The molecule has 2 nitrogen and oxygen atoms in total. The highest BCUT2D eigenvalue weighted by Crippen LogP contribution is 2.26. The van der Waals surface area contributed by atoms with Crippen LogP contribution in [0.4, 0.5) is 8.78 Å². The van der Waals surface area contributed by atoms with Gasteiger partial charge in [-0.15, -0.1) is 0 Å². The van der Waals surface area contributed by atoms with E-state index in [-0.39, 0.29) is 23.5 Å². The second kappa shape index (κ2) is 5.55. The van der Waals surface area contributed by atoms with Crippen LogP contribution in [-0.4, -0.2) is 18.2 Å². The van der Waals surface area contributed by atoms with Crippen LogP contribution < -0.4 is 5.32 Å². The summed E-state index contributed by atoms with van der Waals surface area (Å²) >= 11 is 0. The van der Waals surface area contributed by atoms with Crippen molar-refractivity contribution in [3.05, 3.63) is 35.4 Å². The minimum absolute atomic E-state index is 0.157. The fourth-order valence-electron chi connectivity index (χ4n) is 2.66. The number of hydrogen-bond acceptors (Lipinski definition) is 2. The molecule has 2 rings (SSSR count). The fourth-order valence-corrected chi connectivity index (χ4v) is 2.66. The van der Waals surface area contributed by atoms with Gasteiger partial charge in [-0.2, -0.15) is 0 Å². The molecule has 1 N–H and O–H groups in total. The first-order valence-corrected chi connectivity index (χ1v) is 6.72. The van der Waals surface area contributed by atoms with Gasteiger partial charge in [-0.3, -0.25) is 0 Å². The molecule has 2 unspecified atom stereocenters. The average Bonchev–Trinajstić information content (AvgIpc) is 2.31. The molecular weight excluding hydrogens is 248 g/mol. The Morgan fingerprint density at radius 1 is 1.37 bits per heavy atom. The van der Waals surface area contributed by atoms with Gasteiger partial charge in [0, 0.05) is 24.3 Å². The first-order chi connectivity index (χ1) is 8.87. The van der Waals surface area contributed by atoms with E-state index in [1.54, 1.807) is 0 Å². The molecule has 1 fully saturated rings. The molecule has 0 bridgehead atoms. The summed E-state index contributed by atoms with van der Waals surface area (Å²) in [5.74, 6) is -0.773. The Morgan fingerprint density at radius 3 is 2.79 bits per heavy atom. The molecule has 0 aliphatic carbocycles. The van der Waals surface area contributed by atoms with Gasteiger partial charge in [0.2, 0.25) is 0 Å². The maximum Gasteiger partial charge on any atom is 0.128 e. The van der Waals surface area contributed by atoms with Crippen LogP contribution in [0.15, 0.2) is 18.2 Å². The first-order valence-electron chi connectivity index (χ1n) is 6.72. The Morgan fingerprint density at radius 2 is 2.11 bits per heavy atom. The summed E-state index contributed by atoms with van der Waals surface area (Å²) in [5, 5.41) is 3.37. The molecule has 19 heavy (non-hydrogen) atoms. The minimum Gasteiger partial charge on any atom is -0.375 e. The molecule has 1 aliphatic heterocycles. The number of hydrogen-bond donors (Lipinski definition) is 1. The van der Waals surface area contributed by atoms with Gasteiger partial charge in [-0.1, -0.05) is 0 Å². The molecule has 106 valence electrons. The van der Waals surface area contributed by atoms with Gasteiger partial charge in [0.25, 0.3) is 0 Å². The molecular formula is C15H21F2NO. The molecule has 0 radical (unpaired) electrons. The predicted octanol–water partition coefficient (Wildman–Crippen LogP) is 3.57. The first kappa shape index (κ1) is 14.4. The average molecular weight is 269 g/mol. The zero-order valence-corrected chi connectivity index (χ0v) is 11.7. The quantitative estimate of drug-likeness (QED) is 0.905. The van der Waals surface area contributed by atoms with Crippen molar-refractivity contribution in [3.63, 3.8) is 0 Å². The Labute approximate surface area is 113 Å². The van der Waals surface area contributed by atoms with Crippen molar-refractivity contribution < 1.29 is 13.5 Å². The second-order valence-electron chi connectivity index (χ2n) is 5.85. The van der Waals surface area contributed by atoms with E-state index in [0.717, 1.165) is 18.9 Å². The van der Waals surface area contributed by atoms with Crippen molar-refractivity contribution in [1.82, 2.24) is 5.32 Å². The Bertz CT molecular complexity index is 448. The van der Waals surface area contributed by atoms with Gasteiger partial charge < -0.3 is 10.1 Å². The lowest BCUT2D eigenvalue weighted by molar-refractivity contribution is -0.0640. The van der Waals surface area contributed by atoms with Crippen molar-refractivity contribution in [3.8, 4) is 0 Å². The lowest BCUT2D eigenvalue weighted by Gasteiger charge is -2.37. The van der Waals surface area contributed by atoms with Gasteiger partial charge in [-0.25, -0.2) is 8.78 Å². The summed E-state index contributed by atoms with van der Waals surface area (Å²) in [6.45, 7) is 6.66. The van der Waals surface area contributed by atoms with E-state index in [1.807, 2.05) is 20.8 Å². The third-order valence-electron chi connectivity index (χ3n) is 3.61. The van der Waals surface area contributed by atoms with Crippen LogP contribution in [0.3, 0.4) is 0 Å². The molecule has 4 heteroatoms. The van der Waals surface area contributed by atoms with E-state index < -0.39 is 5.82 Å². The summed E-state index contributed by atoms with van der Waals surface area (Å²) in [5.41, 5.74) is 0.222. The van der Waals surface area contributed by atoms with E-state index in [4.69, 9.17) is 4.74 Å². The summed E-state index contributed by atoms with van der Waals surface area (Å²) in [7, 11) is 0. The van der Waals surface area contributed by atoms with E-state index in [2.05, 4.69) is 5.32 Å². The van der Waals surface area contributed by atoms with Crippen molar-refractivity contribution in [2.75, 3.05) is 6.61 Å². The number of nitrogens with one attached hydrogen (secondary N) is 1. The molecule has 1 aromatic carbocycles. The molecule has 1 heterocycles. The van der Waals surface area contributed by atoms with E-state index in [1.165, 1.54) is 12.1 Å². The van der Waals surface area contributed by atoms with Crippen LogP contribution in [-0.2, 0) is 4.74 Å². The van der Waals surface area contributed by atoms with Gasteiger partial charge in [0.1, 0.15) is 11.6 Å². The lowest BCUT2D eigenvalue weighted by atomic mass is 9.93. The molecule has 0 aromatic heterocycles. The highest BCUT2D eigenvalue weighted by molar-refractivity contribution is 5.22. The third-order valence-corrected chi connectivity index (χ3v) is 3.61. The molecule has 0 spiro atoms. The molecule has 0 amide bonds. The van der Waals surface area contributed by atoms with E-state index >= 15 is 0 Å². The van der Waals surface area contributed by atoms with Crippen molar-refractivity contribution in [2.24, 2.45) is 0 Å². The largest absolute Gasteiger partial charge is 0.375 e. The van der Waals surface area contributed by atoms with Gasteiger partial charge in [0.15, 0.2) is 0 Å². The summed E-state index contributed by atoms with van der Waals surface area (Å²) in [4.78, 5) is 0. The van der Waals surface area contributed by atoms with Crippen molar-refractivity contribution in [2.45, 2.75) is 51.3 Å². The minimum atomic E-state index is -0.405. The maximum absolute atomic E-state index is 13.7. The lowest BCUT2D eigenvalue weighted by Crippen LogP contribution is -2.44. The Hall–Kier alpha value is -1.00. The monoisotopic (exact) mass is 269 g/mol. The van der Waals surface area contributed by atoms with Gasteiger partial charge in [-0.05, 0) is 51.8 Å². The molecule has 2 atom stereocenters. The molecule has 0 saturated carbocycles. The standard InChI is InChI=1S/C15H21F2NO/c1-10(13-8-11(16)4-5-14(13)17)18-12-6-7-19-15(2,3)9-12/h4-5,8,10,12,18H,6-7,9H2,1-3H3. The van der Waals surface area contributed by atoms with Crippen LogP contribution in [0.5, 0.6) is 0 Å². The summed E-state index contributed by atoms with van der Waals surface area (Å²) in [6, 6.07) is 3.63. The predicted molar refractivity (Wildman–Crippen MR) is 71.0 cm³/mol. The van der Waals surface area contributed by atoms with E-state index in [0.29, 0.717) is 12.2 Å². The third kappa shape index (κ3) is 3.74. The zero-order chi connectivity index (χ0) is 14.0. The number of ether oxygens (including phenoxy) is 1. The zero-order valence-electron chi connectivity index (χ0n) is 11.7. The Balaban J connectivity index is 2.04. The SMILES string of the molecule is CC(NC1CCOC(C)(C)C1)c1cc(F)ccc1F. The van der Waals surface area contributed by atoms with Crippen LogP contribution in [0.25, 0.3) is 0 Å². The van der Waals surface area contributed by atoms with Gasteiger partial charge in [0.05, 0.1) is 5.60 Å². The molecule has 1 aromatic rings. The maximum atomic E-state index is 13.7. The molecule has 1 aliphatic rings. The highest BCUT2D eigenvalue weighted by atomic mass is 19.1. The topological polar surface area (TPSA) is 21.3 Å². The van der Waals surface area contributed by atoms with Crippen LogP contribution in [0.1, 0.15) is 45.2 Å². The molecule has 1 saturated heterocycles. The number of benzene rings is 1. The highest BCUT2D eigenvalue weighted by Gasteiger charge is 2.29. The van der Waals surface area contributed by atoms with Crippen molar-refractivity contribution >= 4 is 0 Å². The summed E-state index contributed by atoms with van der Waals surface area (Å²) in [6.07, 6.45) is 1.76. The fraction of sp³-hybridized carbons (Fsp3) is 0.600. The smallest absolute Gasteiger partial charge is 0.128 e. The van der Waals surface area contributed by atoms with E-state index in [9.17, 15) is 8.78 Å². The van der Waals surface area contributed by atoms with Crippen LogP contribution in [0.2, 0.25) is 0 Å². The number of rotatable bonds is 3. The Kier molecular flexibility index (Phi) is 4.21. The van der Waals surface area contributed by atoms with Crippen LogP contribution >= 0.6 is 0 Å². The summed E-state index contributed by atoms with van der Waals surface area (Å²) < 4.78 is 32.5. The van der Waals surface area contributed by atoms with Crippen molar-refractivity contribution in [1.29, 1.82) is 0 Å². The van der Waals surface area contributed by atoms with Crippen LogP contribution in [0, 0.1) is 11.6 Å². The van der Waals surface area contributed by atoms with Gasteiger partial charge >= 0.3 is 0 Å².